The molecular formula is C16H22N2O2. The second-order valence-electron chi connectivity index (χ2n) is 6.09. The average molecular weight is 274 g/mol. The van der Waals surface area contributed by atoms with E-state index in [1.54, 1.807) is 12.1 Å². The zero-order chi connectivity index (χ0) is 14.3. The van der Waals surface area contributed by atoms with Crippen molar-refractivity contribution in [2.24, 2.45) is 0 Å². The van der Waals surface area contributed by atoms with Gasteiger partial charge in [-0.1, -0.05) is 0 Å². The second kappa shape index (κ2) is 5.09. The van der Waals surface area contributed by atoms with Gasteiger partial charge in [-0.15, -0.1) is 0 Å². The number of benzene rings is 1. The molecule has 4 nitrogen and oxygen atoms in total. The Morgan fingerprint density at radius 2 is 2.00 bits per heavy atom. The normalized spacial score (nSPS) is 26.6. The molecule has 0 aromatic heterocycles. The van der Waals surface area contributed by atoms with Crippen LogP contribution in [0.3, 0.4) is 0 Å². The standard InChI is InChI=1S/C16H22N2O2/c1-11-9-12(16(19)20)3-6-15(11)18-8-7-13-4-5-14(10-18)17(13)2/h3,6,9,13-14H,4-5,7-8,10H2,1-2H3,(H,19,20). The van der Waals surface area contributed by atoms with E-state index in [0.29, 0.717) is 11.6 Å². The van der Waals surface area contributed by atoms with E-state index < -0.39 is 5.97 Å². The van der Waals surface area contributed by atoms with Gasteiger partial charge in [0.05, 0.1) is 5.56 Å². The van der Waals surface area contributed by atoms with E-state index in [1.807, 2.05) is 13.0 Å². The quantitative estimate of drug-likeness (QED) is 0.899. The number of aryl methyl sites for hydroxylation is 1. The number of carboxylic acid groups (broad SMARTS) is 1. The fourth-order valence-electron chi connectivity index (χ4n) is 3.67. The van der Waals surface area contributed by atoms with Crippen molar-refractivity contribution in [1.29, 1.82) is 0 Å². The molecule has 0 amide bonds. The molecule has 2 heterocycles. The van der Waals surface area contributed by atoms with Crippen molar-refractivity contribution in [3.8, 4) is 0 Å². The highest BCUT2D eigenvalue weighted by Gasteiger charge is 2.34. The van der Waals surface area contributed by atoms with Crippen LogP contribution in [0.1, 0.15) is 35.2 Å². The van der Waals surface area contributed by atoms with Crippen LogP contribution in [0.25, 0.3) is 0 Å². The van der Waals surface area contributed by atoms with Gasteiger partial charge < -0.3 is 10.0 Å². The topological polar surface area (TPSA) is 43.8 Å². The lowest BCUT2D eigenvalue weighted by molar-refractivity contribution is 0.0697. The van der Waals surface area contributed by atoms with E-state index in [-0.39, 0.29) is 0 Å². The van der Waals surface area contributed by atoms with E-state index >= 15 is 0 Å². The van der Waals surface area contributed by atoms with Crippen LogP contribution in [0, 0.1) is 6.92 Å². The predicted octanol–water partition coefficient (Wildman–Crippen LogP) is 2.37. The zero-order valence-electron chi connectivity index (χ0n) is 12.2. The summed E-state index contributed by atoms with van der Waals surface area (Å²) in [5, 5.41) is 9.06. The Morgan fingerprint density at radius 3 is 2.70 bits per heavy atom. The van der Waals surface area contributed by atoms with Crippen molar-refractivity contribution in [2.75, 3.05) is 25.0 Å². The number of hydrogen-bond donors (Lipinski definition) is 1. The van der Waals surface area contributed by atoms with Crippen LogP contribution < -0.4 is 4.90 Å². The van der Waals surface area contributed by atoms with Crippen molar-refractivity contribution in [3.63, 3.8) is 0 Å². The molecule has 2 bridgehead atoms. The first-order valence-electron chi connectivity index (χ1n) is 7.37. The van der Waals surface area contributed by atoms with Crippen LogP contribution in [-0.2, 0) is 0 Å². The first-order chi connectivity index (χ1) is 9.56. The molecule has 2 aliphatic heterocycles. The molecule has 2 unspecified atom stereocenters. The maximum absolute atomic E-state index is 11.0. The second-order valence-corrected chi connectivity index (χ2v) is 6.09. The van der Waals surface area contributed by atoms with Crippen molar-refractivity contribution in [3.05, 3.63) is 29.3 Å². The number of anilines is 1. The minimum atomic E-state index is -0.852. The summed E-state index contributed by atoms with van der Waals surface area (Å²) in [7, 11) is 2.24. The van der Waals surface area contributed by atoms with Gasteiger partial charge in [0, 0.05) is 30.9 Å². The van der Waals surface area contributed by atoms with Gasteiger partial charge in [-0.3, -0.25) is 4.90 Å². The molecule has 4 heteroatoms. The minimum absolute atomic E-state index is 0.375. The third kappa shape index (κ3) is 2.29. The number of rotatable bonds is 2. The van der Waals surface area contributed by atoms with Crippen molar-refractivity contribution in [2.45, 2.75) is 38.3 Å². The summed E-state index contributed by atoms with van der Waals surface area (Å²) in [4.78, 5) is 16.0. The molecule has 2 saturated heterocycles. The molecule has 1 N–H and O–H groups in total. The van der Waals surface area contributed by atoms with E-state index in [9.17, 15) is 4.79 Å². The van der Waals surface area contributed by atoms with E-state index in [1.165, 1.54) is 24.9 Å². The van der Waals surface area contributed by atoms with Crippen molar-refractivity contribution in [1.82, 2.24) is 4.90 Å². The van der Waals surface area contributed by atoms with Crippen molar-refractivity contribution < 1.29 is 9.90 Å². The number of carboxylic acids is 1. The molecule has 2 aliphatic rings. The molecule has 1 aromatic carbocycles. The maximum atomic E-state index is 11.0. The number of fused-ring (bicyclic) bond motifs is 2. The number of likely N-dealkylation sites (N-methyl/N-ethyl adjacent to an activating group) is 1. The molecular weight excluding hydrogens is 252 g/mol. The molecule has 2 atom stereocenters. The number of hydrogen-bond acceptors (Lipinski definition) is 3. The van der Waals surface area contributed by atoms with Crippen LogP contribution in [0.2, 0.25) is 0 Å². The zero-order valence-corrected chi connectivity index (χ0v) is 12.2. The third-order valence-electron chi connectivity index (χ3n) is 4.93. The third-order valence-corrected chi connectivity index (χ3v) is 4.93. The lowest BCUT2D eigenvalue weighted by atomic mass is 10.0. The minimum Gasteiger partial charge on any atom is -0.478 e. The Bertz CT molecular complexity index is 529. The van der Waals surface area contributed by atoms with Gasteiger partial charge in [0.25, 0.3) is 0 Å². The summed E-state index contributed by atoms with van der Waals surface area (Å²) in [5.74, 6) is -0.852. The average Bonchev–Trinajstić information content (AvgIpc) is 2.64. The summed E-state index contributed by atoms with van der Waals surface area (Å²) >= 11 is 0. The van der Waals surface area contributed by atoms with Gasteiger partial charge in [-0.2, -0.15) is 0 Å². The number of nitrogens with zero attached hydrogens (tertiary/aromatic N) is 2. The fourth-order valence-corrected chi connectivity index (χ4v) is 3.67. The first kappa shape index (κ1) is 13.4. The summed E-state index contributed by atoms with van der Waals surface area (Å²) in [5.41, 5.74) is 2.63. The number of aromatic carboxylic acids is 1. The summed E-state index contributed by atoms with van der Waals surface area (Å²) in [6.07, 6.45) is 3.81. The Labute approximate surface area is 120 Å². The van der Waals surface area contributed by atoms with E-state index in [4.69, 9.17) is 5.11 Å². The van der Waals surface area contributed by atoms with Crippen LogP contribution in [0.15, 0.2) is 18.2 Å². The number of carbonyl (C=O) groups is 1. The van der Waals surface area contributed by atoms with E-state index in [0.717, 1.165) is 24.7 Å². The fraction of sp³-hybridized carbons (Fsp3) is 0.562. The van der Waals surface area contributed by atoms with Crippen LogP contribution >= 0.6 is 0 Å². The molecule has 1 aromatic rings. The Kier molecular flexibility index (Phi) is 3.42. The lowest BCUT2D eigenvalue weighted by Gasteiger charge is -2.29. The SMILES string of the molecule is Cc1cc(C(=O)O)ccc1N1CCC2CCC(C1)N2C. The lowest BCUT2D eigenvalue weighted by Crippen LogP contribution is -2.36. The highest BCUT2D eigenvalue weighted by molar-refractivity contribution is 5.88. The molecule has 2 fully saturated rings. The monoisotopic (exact) mass is 274 g/mol. The highest BCUT2D eigenvalue weighted by Crippen LogP contribution is 2.32. The van der Waals surface area contributed by atoms with Crippen LogP contribution in [-0.4, -0.2) is 48.2 Å². The molecule has 0 aliphatic carbocycles. The largest absolute Gasteiger partial charge is 0.478 e. The molecule has 0 saturated carbocycles. The molecule has 3 rings (SSSR count). The van der Waals surface area contributed by atoms with E-state index in [2.05, 4.69) is 16.8 Å². The Balaban J connectivity index is 1.84. The van der Waals surface area contributed by atoms with Gasteiger partial charge in [0.15, 0.2) is 0 Å². The van der Waals surface area contributed by atoms with Crippen molar-refractivity contribution >= 4 is 11.7 Å². The van der Waals surface area contributed by atoms with Crippen LogP contribution in [0.4, 0.5) is 5.69 Å². The van der Waals surface area contributed by atoms with Gasteiger partial charge in [0.2, 0.25) is 0 Å². The summed E-state index contributed by atoms with van der Waals surface area (Å²) in [6, 6.07) is 6.84. The molecule has 0 radical (unpaired) electrons. The smallest absolute Gasteiger partial charge is 0.335 e. The Morgan fingerprint density at radius 1 is 1.25 bits per heavy atom. The first-order valence-corrected chi connectivity index (χ1v) is 7.37. The highest BCUT2D eigenvalue weighted by atomic mass is 16.4. The summed E-state index contributed by atoms with van der Waals surface area (Å²) in [6.45, 7) is 4.13. The molecule has 0 spiro atoms. The summed E-state index contributed by atoms with van der Waals surface area (Å²) < 4.78 is 0. The van der Waals surface area contributed by atoms with Gasteiger partial charge >= 0.3 is 5.97 Å². The Hall–Kier alpha value is -1.55. The van der Waals surface area contributed by atoms with Gasteiger partial charge in [-0.05, 0) is 57.0 Å². The predicted molar refractivity (Wildman–Crippen MR) is 79.5 cm³/mol. The van der Waals surface area contributed by atoms with Gasteiger partial charge in [0.1, 0.15) is 0 Å². The molecule has 108 valence electrons. The molecule has 20 heavy (non-hydrogen) atoms. The van der Waals surface area contributed by atoms with Crippen LogP contribution in [0.5, 0.6) is 0 Å². The van der Waals surface area contributed by atoms with Gasteiger partial charge in [-0.25, -0.2) is 4.79 Å². The maximum Gasteiger partial charge on any atom is 0.335 e.